The SMILES string of the molecule is C=C(C)c1ccc2ccc(C(C)(C)OC(C)(C)C(O)(C(F)(F)F)C(F)(F)F)cc2c1. The molecule has 2 rings (SSSR count). The van der Waals surface area contributed by atoms with Crippen LogP contribution < -0.4 is 0 Å². The Labute approximate surface area is 171 Å². The largest absolute Gasteiger partial charge is 0.429 e. The van der Waals surface area contributed by atoms with Crippen LogP contribution in [-0.2, 0) is 10.3 Å². The van der Waals surface area contributed by atoms with Crippen molar-refractivity contribution in [2.75, 3.05) is 0 Å². The van der Waals surface area contributed by atoms with Gasteiger partial charge in [-0.1, -0.05) is 36.4 Å². The van der Waals surface area contributed by atoms with Crippen molar-refractivity contribution in [3.05, 3.63) is 54.1 Å². The molecule has 2 nitrogen and oxygen atoms in total. The van der Waals surface area contributed by atoms with E-state index in [9.17, 15) is 31.4 Å². The van der Waals surface area contributed by atoms with E-state index in [1.54, 1.807) is 18.2 Å². The van der Waals surface area contributed by atoms with Crippen molar-refractivity contribution < 1.29 is 36.2 Å². The van der Waals surface area contributed by atoms with Crippen LogP contribution in [0.15, 0.2) is 43.0 Å². The Morgan fingerprint density at radius 3 is 1.80 bits per heavy atom. The van der Waals surface area contributed by atoms with Crippen molar-refractivity contribution in [2.24, 2.45) is 0 Å². The third kappa shape index (κ3) is 4.07. The third-order valence-electron chi connectivity index (χ3n) is 5.23. The van der Waals surface area contributed by atoms with Gasteiger partial charge in [0.15, 0.2) is 0 Å². The van der Waals surface area contributed by atoms with Crippen LogP contribution in [-0.4, -0.2) is 28.7 Å². The smallest absolute Gasteiger partial charge is 0.371 e. The summed E-state index contributed by atoms with van der Waals surface area (Å²) in [5, 5.41) is 11.4. The monoisotopic (exact) mass is 434 g/mol. The van der Waals surface area contributed by atoms with Crippen molar-refractivity contribution in [2.45, 2.75) is 63.8 Å². The van der Waals surface area contributed by atoms with Crippen molar-refractivity contribution in [3.8, 4) is 0 Å². The molecule has 0 bridgehead atoms. The lowest BCUT2D eigenvalue weighted by Gasteiger charge is -2.47. The molecule has 0 aliphatic carbocycles. The van der Waals surface area contributed by atoms with Crippen LogP contribution in [0, 0.1) is 0 Å². The predicted molar refractivity (Wildman–Crippen MR) is 104 cm³/mol. The molecule has 0 aliphatic rings. The third-order valence-corrected chi connectivity index (χ3v) is 5.23. The average Bonchev–Trinajstić information content (AvgIpc) is 2.56. The Hall–Kier alpha value is -2.06. The minimum atomic E-state index is -6.00. The number of fused-ring (bicyclic) bond motifs is 1. The topological polar surface area (TPSA) is 29.5 Å². The Kier molecular flexibility index (Phi) is 5.87. The number of benzene rings is 2. The first-order chi connectivity index (χ1) is 13.3. The van der Waals surface area contributed by atoms with E-state index in [2.05, 4.69) is 6.58 Å². The van der Waals surface area contributed by atoms with Gasteiger partial charge in [0.05, 0.1) is 5.60 Å². The van der Waals surface area contributed by atoms with E-state index < -0.39 is 29.2 Å². The highest BCUT2D eigenvalue weighted by molar-refractivity contribution is 5.86. The molecule has 0 unspecified atom stereocenters. The van der Waals surface area contributed by atoms with Crippen LogP contribution in [0.4, 0.5) is 26.3 Å². The summed E-state index contributed by atoms with van der Waals surface area (Å²) in [6, 6.07) is 10.4. The summed E-state index contributed by atoms with van der Waals surface area (Å²) in [7, 11) is 0. The molecule has 0 radical (unpaired) electrons. The van der Waals surface area contributed by atoms with Crippen LogP contribution >= 0.6 is 0 Å². The maximum absolute atomic E-state index is 13.3. The molecule has 2 aromatic rings. The number of halogens is 6. The normalized spacial score (nSPS) is 14.3. The van der Waals surface area contributed by atoms with Crippen LogP contribution in [0.5, 0.6) is 0 Å². The molecule has 0 aliphatic heterocycles. The van der Waals surface area contributed by atoms with E-state index in [0.29, 0.717) is 19.4 Å². The van der Waals surface area contributed by atoms with Gasteiger partial charge in [0.1, 0.15) is 5.60 Å². The highest BCUT2D eigenvalue weighted by Crippen LogP contribution is 2.52. The Morgan fingerprint density at radius 2 is 1.33 bits per heavy atom. The van der Waals surface area contributed by atoms with Gasteiger partial charge in [-0.2, -0.15) is 26.3 Å². The minimum Gasteiger partial charge on any atom is -0.371 e. The van der Waals surface area contributed by atoms with E-state index in [4.69, 9.17) is 4.74 Å². The Bertz CT molecular complexity index is 940. The molecule has 0 aromatic heterocycles. The molecule has 0 fully saturated rings. The Morgan fingerprint density at radius 1 is 0.833 bits per heavy atom. The number of alkyl halides is 6. The minimum absolute atomic E-state index is 0.355. The molecule has 30 heavy (non-hydrogen) atoms. The highest BCUT2D eigenvalue weighted by atomic mass is 19.4. The molecule has 0 atom stereocenters. The zero-order valence-corrected chi connectivity index (χ0v) is 17.3. The number of ether oxygens (including phenoxy) is 1. The summed E-state index contributed by atoms with van der Waals surface area (Å²) in [5.74, 6) is 0. The maximum Gasteiger partial charge on any atom is 0.429 e. The first kappa shape index (κ1) is 24.2. The lowest BCUT2D eigenvalue weighted by atomic mass is 9.82. The summed E-state index contributed by atoms with van der Waals surface area (Å²) < 4.78 is 85.4. The van der Waals surface area contributed by atoms with Gasteiger partial charge in [0.2, 0.25) is 0 Å². The van der Waals surface area contributed by atoms with Crippen molar-refractivity contribution >= 4 is 16.3 Å². The summed E-state index contributed by atoms with van der Waals surface area (Å²) in [6.07, 6.45) is -12.0. The number of rotatable bonds is 5. The van der Waals surface area contributed by atoms with Crippen molar-refractivity contribution in [3.63, 3.8) is 0 Å². The molecule has 2 aromatic carbocycles. The van der Waals surface area contributed by atoms with Gasteiger partial charge in [-0.15, -0.1) is 0 Å². The number of allylic oxidation sites excluding steroid dienone is 1. The van der Waals surface area contributed by atoms with Gasteiger partial charge in [-0.25, -0.2) is 0 Å². The van der Waals surface area contributed by atoms with Gasteiger partial charge in [-0.05, 0) is 68.7 Å². The molecule has 0 saturated carbocycles. The second-order valence-corrected chi connectivity index (χ2v) is 8.39. The summed E-state index contributed by atoms with van der Waals surface area (Å²) in [4.78, 5) is 0. The Balaban J connectivity index is 2.53. The zero-order chi connectivity index (χ0) is 23.3. The van der Waals surface area contributed by atoms with Gasteiger partial charge in [0, 0.05) is 0 Å². The average molecular weight is 434 g/mol. The summed E-state index contributed by atoms with van der Waals surface area (Å²) in [5.41, 5.74) is -7.67. The van der Waals surface area contributed by atoms with Gasteiger partial charge in [-0.3, -0.25) is 0 Å². The number of hydrogen-bond donors (Lipinski definition) is 1. The number of hydrogen-bond acceptors (Lipinski definition) is 2. The van der Waals surface area contributed by atoms with Gasteiger partial charge >= 0.3 is 12.4 Å². The molecule has 8 heteroatoms. The van der Waals surface area contributed by atoms with E-state index in [-0.39, 0.29) is 0 Å². The maximum atomic E-state index is 13.3. The second-order valence-electron chi connectivity index (χ2n) is 8.39. The zero-order valence-electron chi connectivity index (χ0n) is 17.3. The lowest BCUT2D eigenvalue weighted by molar-refractivity contribution is -0.420. The molecule has 166 valence electrons. The predicted octanol–water partition coefficient (Wildman–Crippen LogP) is 6.76. The first-order valence-corrected chi connectivity index (χ1v) is 9.10. The van der Waals surface area contributed by atoms with Crippen LogP contribution in [0.2, 0.25) is 0 Å². The van der Waals surface area contributed by atoms with E-state index in [1.165, 1.54) is 13.8 Å². The molecule has 0 spiro atoms. The fraction of sp³-hybridized carbons (Fsp3) is 0.455. The molecular formula is C22H24F6O2. The molecule has 0 saturated heterocycles. The fourth-order valence-electron chi connectivity index (χ4n) is 3.50. The molecular weight excluding hydrogens is 410 g/mol. The van der Waals surface area contributed by atoms with Gasteiger partial charge < -0.3 is 9.84 Å². The lowest BCUT2D eigenvalue weighted by Crippen LogP contribution is -2.70. The second kappa shape index (κ2) is 7.27. The number of aliphatic hydroxyl groups is 1. The molecule has 0 heterocycles. The van der Waals surface area contributed by atoms with E-state index >= 15 is 0 Å². The molecule has 0 amide bonds. The van der Waals surface area contributed by atoms with Crippen molar-refractivity contribution in [1.82, 2.24) is 0 Å². The summed E-state index contributed by atoms with van der Waals surface area (Å²) >= 11 is 0. The summed E-state index contributed by atoms with van der Waals surface area (Å²) in [6.45, 7) is 9.54. The first-order valence-electron chi connectivity index (χ1n) is 9.10. The highest BCUT2D eigenvalue weighted by Gasteiger charge is 2.78. The van der Waals surface area contributed by atoms with Gasteiger partial charge in [0.25, 0.3) is 5.60 Å². The van der Waals surface area contributed by atoms with Crippen LogP contribution in [0.3, 0.4) is 0 Å². The van der Waals surface area contributed by atoms with Crippen LogP contribution in [0.25, 0.3) is 16.3 Å². The quantitative estimate of drug-likeness (QED) is 0.527. The van der Waals surface area contributed by atoms with E-state index in [0.717, 1.165) is 21.9 Å². The van der Waals surface area contributed by atoms with E-state index in [1.807, 2.05) is 25.1 Å². The standard InChI is InChI=1S/C22H24F6O2/c1-13(2)15-8-7-14-9-10-17(12-16(14)11-15)18(3,4)30-19(5,6)20(29,21(23,24)25)22(26,27)28/h7-12,29H,1H2,2-6H3. The fourth-order valence-corrected chi connectivity index (χ4v) is 3.50. The van der Waals surface area contributed by atoms with Crippen LogP contribution in [0.1, 0.15) is 45.7 Å². The van der Waals surface area contributed by atoms with Crippen molar-refractivity contribution in [1.29, 1.82) is 0 Å². The molecule has 1 N–H and O–H groups in total.